The minimum atomic E-state index is 1.19. The van der Waals surface area contributed by atoms with Gasteiger partial charge in [0.2, 0.25) is 0 Å². The molecule has 0 bridgehead atoms. The maximum atomic E-state index is 2.22. The van der Waals surface area contributed by atoms with Crippen molar-refractivity contribution in [3.05, 3.63) is 96.1 Å². The molecule has 0 fully saturated rings. The van der Waals surface area contributed by atoms with Gasteiger partial charge in [0, 0.05) is 18.4 Å². The second kappa shape index (κ2) is 6.97. The first kappa shape index (κ1) is 15.1. The van der Waals surface area contributed by atoms with Gasteiger partial charge in [-0.15, -0.1) is 0 Å². The highest BCUT2D eigenvalue weighted by molar-refractivity contribution is 5.80. The minimum Gasteiger partial charge on any atom is -0.345 e. The summed E-state index contributed by atoms with van der Waals surface area (Å²) in [6.07, 6.45) is 2.22. The first-order valence-corrected chi connectivity index (χ1v) is 7.86. The lowest BCUT2D eigenvalue weighted by Gasteiger charge is -2.19. The predicted octanol–water partition coefficient (Wildman–Crippen LogP) is 6.02. The Bertz CT molecular complexity index is 771. The monoisotopic (exact) mass is 299 g/mol. The predicted molar refractivity (Wildman–Crippen MR) is 101 cm³/mol. The molecular formula is C22H21N. The second-order valence-corrected chi connectivity index (χ2v) is 5.68. The molecule has 0 saturated heterocycles. The number of hydrogen-bond acceptors (Lipinski definition) is 1. The molecule has 0 aromatic heterocycles. The number of benzene rings is 3. The Morgan fingerprint density at radius 2 is 1.22 bits per heavy atom. The van der Waals surface area contributed by atoms with Crippen LogP contribution in [0.5, 0.6) is 0 Å². The quantitative estimate of drug-likeness (QED) is 0.533. The number of rotatable bonds is 4. The summed E-state index contributed by atoms with van der Waals surface area (Å²) in [7, 11) is 2.09. The third-order valence-corrected chi connectivity index (χ3v) is 4.04. The molecule has 3 aromatic carbocycles. The maximum Gasteiger partial charge on any atom is 0.0408 e. The number of anilines is 2. The van der Waals surface area contributed by atoms with Crippen molar-refractivity contribution in [2.24, 2.45) is 0 Å². The molecule has 0 saturated carbocycles. The van der Waals surface area contributed by atoms with Gasteiger partial charge >= 0.3 is 0 Å². The van der Waals surface area contributed by atoms with Gasteiger partial charge in [-0.25, -0.2) is 0 Å². The topological polar surface area (TPSA) is 3.24 Å². The Labute approximate surface area is 138 Å². The Morgan fingerprint density at radius 1 is 0.696 bits per heavy atom. The molecule has 1 nitrogen and oxygen atoms in total. The molecule has 0 aliphatic rings. The molecule has 0 aliphatic heterocycles. The third kappa shape index (κ3) is 3.70. The van der Waals surface area contributed by atoms with E-state index >= 15 is 0 Å². The van der Waals surface area contributed by atoms with E-state index < -0.39 is 0 Å². The van der Waals surface area contributed by atoms with Crippen LogP contribution in [0.1, 0.15) is 18.1 Å². The molecule has 0 radical (unpaired) electrons. The van der Waals surface area contributed by atoms with Gasteiger partial charge in [0.25, 0.3) is 0 Å². The Kier molecular flexibility index (Phi) is 4.58. The molecule has 1 heteroatoms. The fraction of sp³-hybridized carbons (Fsp3) is 0.0909. The van der Waals surface area contributed by atoms with Gasteiger partial charge in [0.05, 0.1) is 0 Å². The van der Waals surface area contributed by atoms with Crippen LogP contribution in [0.2, 0.25) is 0 Å². The fourth-order valence-electron chi connectivity index (χ4n) is 2.63. The van der Waals surface area contributed by atoms with E-state index in [0.717, 1.165) is 0 Å². The van der Waals surface area contributed by atoms with Crippen LogP contribution in [0, 0.1) is 0 Å². The zero-order chi connectivity index (χ0) is 16.1. The Hall–Kier alpha value is -2.80. The summed E-state index contributed by atoms with van der Waals surface area (Å²) in [5.74, 6) is 0. The molecule has 0 N–H and O–H groups in total. The lowest BCUT2D eigenvalue weighted by Crippen LogP contribution is -2.08. The summed E-state index contributed by atoms with van der Waals surface area (Å²) < 4.78 is 0. The summed E-state index contributed by atoms with van der Waals surface area (Å²) in [6.45, 7) is 2.15. The van der Waals surface area contributed by atoms with E-state index in [1.165, 1.54) is 28.1 Å². The van der Waals surface area contributed by atoms with Crippen LogP contribution in [0.15, 0.2) is 84.9 Å². The zero-order valence-corrected chi connectivity index (χ0v) is 13.6. The lowest BCUT2D eigenvalue weighted by atomic mass is 10.0. The van der Waals surface area contributed by atoms with Crippen molar-refractivity contribution in [1.29, 1.82) is 0 Å². The summed E-state index contributed by atoms with van der Waals surface area (Å²) in [6, 6.07) is 29.5. The van der Waals surface area contributed by atoms with Crippen LogP contribution in [0.25, 0.3) is 11.6 Å². The first-order valence-electron chi connectivity index (χ1n) is 7.86. The number of hydrogen-bond donors (Lipinski definition) is 0. The molecule has 0 unspecified atom stereocenters. The van der Waals surface area contributed by atoms with Crippen LogP contribution >= 0.6 is 0 Å². The van der Waals surface area contributed by atoms with Gasteiger partial charge in [-0.1, -0.05) is 66.7 Å². The second-order valence-electron chi connectivity index (χ2n) is 5.68. The van der Waals surface area contributed by atoms with Crippen molar-refractivity contribution in [3.63, 3.8) is 0 Å². The molecule has 0 atom stereocenters. The summed E-state index contributed by atoms with van der Waals surface area (Å²) in [4.78, 5) is 2.19. The fourth-order valence-corrected chi connectivity index (χ4v) is 2.63. The lowest BCUT2D eigenvalue weighted by molar-refractivity contribution is 1.21. The Morgan fingerprint density at radius 3 is 1.83 bits per heavy atom. The smallest absolute Gasteiger partial charge is 0.0408 e. The first-order chi connectivity index (χ1) is 11.2. The van der Waals surface area contributed by atoms with Gasteiger partial charge < -0.3 is 4.90 Å². The summed E-state index contributed by atoms with van der Waals surface area (Å²) in [5.41, 5.74) is 6.13. The average molecular weight is 299 g/mol. The maximum absolute atomic E-state index is 2.22. The van der Waals surface area contributed by atoms with E-state index in [-0.39, 0.29) is 0 Å². The highest BCUT2D eigenvalue weighted by Crippen LogP contribution is 2.24. The van der Waals surface area contributed by atoms with Crippen molar-refractivity contribution >= 4 is 23.0 Å². The number of nitrogens with zero attached hydrogens (tertiary/aromatic N) is 1. The molecule has 3 aromatic rings. The van der Waals surface area contributed by atoms with Gasteiger partial charge in [0.15, 0.2) is 0 Å². The van der Waals surface area contributed by atoms with Gasteiger partial charge in [-0.2, -0.15) is 0 Å². The van der Waals surface area contributed by atoms with Crippen LogP contribution in [0.3, 0.4) is 0 Å². The number of para-hydroxylation sites is 1. The largest absolute Gasteiger partial charge is 0.345 e. The van der Waals surface area contributed by atoms with E-state index in [1.807, 2.05) is 12.1 Å². The minimum absolute atomic E-state index is 1.19. The normalized spacial score (nSPS) is 11.3. The summed E-state index contributed by atoms with van der Waals surface area (Å²) in [5, 5.41) is 0. The van der Waals surface area contributed by atoms with Crippen molar-refractivity contribution in [2.45, 2.75) is 6.92 Å². The molecule has 0 amide bonds. The SMILES string of the molecule is CC(=Cc1ccc(N(C)c2ccccc2)cc1)c1ccccc1. The van der Waals surface area contributed by atoms with Crippen LogP contribution in [-0.2, 0) is 0 Å². The third-order valence-electron chi connectivity index (χ3n) is 4.04. The van der Waals surface area contributed by atoms with Gasteiger partial charge in [0.1, 0.15) is 0 Å². The van der Waals surface area contributed by atoms with Crippen molar-refractivity contribution < 1.29 is 0 Å². The highest BCUT2D eigenvalue weighted by Gasteiger charge is 2.03. The van der Waals surface area contributed by atoms with E-state index in [0.29, 0.717) is 0 Å². The van der Waals surface area contributed by atoms with E-state index in [9.17, 15) is 0 Å². The average Bonchev–Trinajstić information content (AvgIpc) is 2.63. The van der Waals surface area contributed by atoms with Crippen LogP contribution < -0.4 is 4.90 Å². The molecule has 114 valence electrons. The Balaban J connectivity index is 1.80. The molecule has 0 spiro atoms. The molecular weight excluding hydrogens is 278 g/mol. The molecule has 3 rings (SSSR count). The van der Waals surface area contributed by atoms with E-state index in [1.54, 1.807) is 0 Å². The van der Waals surface area contributed by atoms with E-state index in [4.69, 9.17) is 0 Å². The van der Waals surface area contributed by atoms with Crippen LogP contribution in [0.4, 0.5) is 11.4 Å². The highest BCUT2D eigenvalue weighted by atomic mass is 15.1. The van der Waals surface area contributed by atoms with Crippen molar-refractivity contribution in [3.8, 4) is 0 Å². The standard InChI is InChI=1S/C22H21N/c1-18(20-9-5-3-6-10-20)17-19-13-15-22(16-14-19)23(2)21-11-7-4-8-12-21/h3-17H,1-2H3. The van der Waals surface area contributed by atoms with Crippen LogP contribution in [-0.4, -0.2) is 7.05 Å². The molecule has 0 aliphatic carbocycles. The molecule has 0 heterocycles. The summed E-state index contributed by atoms with van der Waals surface area (Å²) >= 11 is 0. The van der Waals surface area contributed by atoms with E-state index in [2.05, 4.69) is 97.7 Å². The van der Waals surface area contributed by atoms with Gasteiger partial charge in [-0.3, -0.25) is 0 Å². The van der Waals surface area contributed by atoms with Crippen molar-refractivity contribution in [1.82, 2.24) is 0 Å². The van der Waals surface area contributed by atoms with Crippen molar-refractivity contribution in [2.75, 3.05) is 11.9 Å². The van der Waals surface area contributed by atoms with Gasteiger partial charge in [-0.05, 0) is 47.9 Å². The number of allylic oxidation sites excluding steroid dienone is 1. The zero-order valence-electron chi connectivity index (χ0n) is 13.6. The molecule has 23 heavy (non-hydrogen) atoms.